The summed E-state index contributed by atoms with van der Waals surface area (Å²) in [6.07, 6.45) is 0. The number of hydrogen-bond acceptors (Lipinski definition) is 3. The summed E-state index contributed by atoms with van der Waals surface area (Å²) in [4.78, 5) is 25.0. The summed E-state index contributed by atoms with van der Waals surface area (Å²) in [6, 6.07) is 6.56. The third kappa shape index (κ3) is 4.03. The molecular formula is C13H17N3O2S. The molecule has 1 rings (SSSR count). The van der Waals surface area contributed by atoms with E-state index in [-0.39, 0.29) is 23.5 Å². The summed E-state index contributed by atoms with van der Waals surface area (Å²) in [6.45, 7) is 3.52. The van der Waals surface area contributed by atoms with Crippen LogP contribution in [0.15, 0.2) is 24.3 Å². The second-order valence-corrected chi connectivity index (χ2v) is 4.88. The summed E-state index contributed by atoms with van der Waals surface area (Å²) in [5.74, 6) is -0.820. The Balaban J connectivity index is 3.05. The summed E-state index contributed by atoms with van der Waals surface area (Å²) in [7, 11) is 0. The molecule has 0 bridgehead atoms. The van der Waals surface area contributed by atoms with E-state index in [9.17, 15) is 9.59 Å². The number of rotatable bonds is 5. The standard InChI is InChI=1S/C13H17N3O2S/c1-8(2)16(7-11(14)17)13(18)10-5-3-4-9(6-10)12(15)19/h3-6,8H,7H2,1-2H3,(H2,14,17)(H2,15,19). The van der Waals surface area contributed by atoms with Crippen molar-refractivity contribution in [3.05, 3.63) is 35.4 Å². The van der Waals surface area contributed by atoms with Crippen LogP contribution >= 0.6 is 12.2 Å². The summed E-state index contributed by atoms with van der Waals surface area (Å²) < 4.78 is 0. The van der Waals surface area contributed by atoms with Gasteiger partial charge < -0.3 is 16.4 Å². The lowest BCUT2D eigenvalue weighted by Crippen LogP contribution is -2.42. The molecule has 0 spiro atoms. The van der Waals surface area contributed by atoms with E-state index < -0.39 is 5.91 Å². The van der Waals surface area contributed by atoms with Crippen LogP contribution in [-0.4, -0.2) is 34.3 Å². The van der Waals surface area contributed by atoms with E-state index in [2.05, 4.69) is 0 Å². The number of carbonyl (C=O) groups is 2. The number of hydrogen-bond donors (Lipinski definition) is 2. The second-order valence-electron chi connectivity index (χ2n) is 4.44. The van der Waals surface area contributed by atoms with Gasteiger partial charge in [0.05, 0.1) is 6.54 Å². The molecule has 6 heteroatoms. The smallest absolute Gasteiger partial charge is 0.254 e. The Morgan fingerprint density at radius 2 is 1.84 bits per heavy atom. The van der Waals surface area contributed by atoms with Gasteiger partial charge in [-0.2, -0.15) is 0 Å². The molecule has 0 saturated heterocycles. The Morgan fingerprint density at radius 3 is 2.32 bits per heavy atom. The minimum absolute atomic E-state index is 0.117. The van der Waals surface area contributed by atoms with Crippen LogP contribution < -0.4 is 11.5 Å². The lowest BCUT2D eigenvalue weighted by Gasteiger charge is -2.25. The number of amides is 2. The maximum Gasteiger partial charge on any atom is 0.254 e. The minimum Gasteiger partial charge on any atom is -0.389 e. The van der Waals surface area contributed by atoms with E-state index in [0.29, 0.717) is 11.1 Å². The molecule has 102 valence electrons. The number of thiocarbonyl (C=S) groups is 1. The fourth-order valence-corrected chi connectivity index (χ4v) is 1.76. The van der Waals surface area contributed by atoms with Crippen LogP contribution in [0.5, 0.6) is 0 Å². The van der Waals surface area contributed by atoms with Gasteiger partial charge in [0.2, 0.25) is 5.91 Å². The summed E-state index contributed by atoms with van der Waals surface area (Å²) in [5.41, 5.74) is 11.7. The van der Waals surface area contributed by atoms with Gasteiger partial charge in [0.1, 0.15) is 4.99 Å². The van der Waals surface area contributed by atoms with Crippen LogP contribution in [0.25, 0.3) is 0 Å². The zero-order chi connectivity index (χ0) is 14.6. The van der Waals surface area contributed by atoms with E-state index in [1.54, 1.807) is 24.3 Å². The first-order valence-electron chi connectivity index (χ1n) is 5.82. The Kier molecular flexibility index (Phi) is 5.00. The van der Waals surface area contributed by atoms with E-state index in [1.165, 1.54) is 4.90 Å². The first-order chi connectivity index (χ1) is 8.82. The van der Waals surface area contributed by atoms with Crippen LogP contribution in [0, 0.1) is 0 Å². The van der Waals surface area contributed by atoms with Crippen molar-refractivity contribution in [1.82, 2.24) is 4.90 Å². The fraction of sp³-hybridized carbons (Fsp3) is 0.308. The highest BCUT2D eigenvalue weighted by Gasteiger charge is 2.20. The topological polar surface area (TPSA) is 89.4 Å². The lowest BCUT2D eigenvalue weighted by molar-refractivity contribution is -0.119. The molecule has 0 unspecified atom stereocenters. The molecular weight excluding hydrogens is 262 g/mol. The quantitative estimate of drug-likeness (QED) is 0.775. The van der Waals surface area contributed by atoms with Gasteiger partial charge in [-0.25, -0.2) is 0 Å². The molecule has 5 nitrogen and oxygen atoms in total. The molecule has 0 fully saturated rings. The average molecular weight is 279 g/mol. The van der Waals surface area contributed by atoms with Gasteiger partial charge in [-0.15, -0.1) is 0 Å². The summed E-state index contributed by atoms with van der Waals surface area (Å²) >= 11 is 4.87. The number of benzene rings is 1. The molecule has 0 aliphatic carbocycles. The molecule has 0 aliphatic rings. The molecule has 0 aromatic heterocycles. The van der Waals surface area contributed by atoms with Crippen molar-refractivity contribution in [2.24, 2.45) is 11.5 Å². The van der Waals surface area contributed by atoms with Crippen molar-refractivity contribution < 1.29 is 9.59 Å². The fourth-order valence-electron chi connectivity index (χ4n) is 1.63. The van der Waals surface area contributed by atoms with Crippen molar-refractivity contribution >= 4 is 29.0 Å². The number of primary amides is 1. The van der Waals surface area contributed by atoms with Gasteiger partial charge >= 0.3 is 0 Å². The SMILES string of the molecule is CC(C)N(CC(N)=O)C(=O)c1cccc(C(N)=S)c1. The largest absolute Gasteiger partial charge is 0.389 e. The minimum atomic E-state index is -0.549. The molecule has 19 heavy (non-hydrogen) atoms. The molecule has 0 heterocycles. The van der Waals surface area contributed by atoms with Crippen LogP contribution in [0.4, 0.5) is 0 Å². The van der Waals surface area contributed by atoms with Crippen molar-refractivity contribution in [2.75, 3.05) is 6.54 Å². The second kappa shape index (κ2) is 6.29. The first kappa shape index (κ1) is 15.1. The molecule has 0 atom stereocenters. The predicted molar refractivity (Wildman–Crippen MR) is 77.7 cm³/mol. The third-order valence-corrected chi connectivity index (χ3v) is 2.84. The normalized spacial score (nSPS) is 10.3. The highest BCUT2D eigenvalue weighted by Crippen LogP contribution is 2.11. The molecule has 2 amide bonds. The molecule has 0 aliphatic heterocycles. The van der Waals surface area contributed by atoms with E-state index in [0.717, 1.165) is 0 Å². The van der Waals surface area contributed by atoms with Crippen molar-refractivity contribution in [2.45, 2.75) is 19.9 Å². The van der Waals surface area contributed by atoms with Gasteiger partial charge in [0.15, 0.2) is 0 Å². The van der Waals surface area contributed by atoms with Gasteiger partial charge in [-0.1, -0.05) is 24.4 Å². The van der Waals surface area contributed by atoms with Crippen LogP contribution in [0.2, 0.25) is 0 Å². The third-order valence-electron chi connectivity index (χ3n) is 2.60. The number of nitrogens with two attached hydrogens (primary N) is 2. The maximum atomic E-state index is 12.3. The average Bonchev–Trinajstić information content (AvgIpc) is 2.34. The van der Waals surface area contributed by atoms with Crippen molar-refractivity contribution in [1.29, 1.82) is 0 Å². The number of nitrogens with zero attached hydrogens (tertiary/aromatic N) is 1. The Morgan fingerprint density at radius 1 is 1.26 bits per heavy atom. The predicted octanol–water partition coefficient (Wildman–Crippen LogP) is 0.657. The van der Waals surface area contributed by atoms with E-state index in [4.69, 9.17) is 23.7 Å². The molecule has 4 N–H and O–H groups in total. The number of carbonyl (C=O) groups excluding carboxylic acids is 2. The zero-order valence-corrected chi connectivity index (χ0v) is 11.7. The van der Waals surface area contributed by atoms with Crippen LogP contribution in [0.1, 0.15) is 29.8 Å². The van der Waals surface area contributed by atoms with Crippen LogP contribution in [-0.2, 0) is 4.79 Å². The monoisotopic (exact) mass is 279 g/mol. The first-order valence-corrected chi connectivity index (χ1v) is 6.23. The van der Waals surface area contributed by atoms with E-state index >= 15 is 0 Å². The highest BCUT2D eigenvalue weighted by molar-refractivity contribution is 7.80. The summed E-state index contributed by atoms with van der Waals surface area (Å²) in [5, 5.41) is 0. The van der Waals surface area contributed by atoms with Crippen molar-refractivity contribution in [3.8, 4) is 0 Å². The van der Waals surface area contributed by atoms with Crippen LogP contribution in [0.3, 0.4) is 0 Å². The van der Waals surface area contributed by atoms with E-state index in [1.807, 2.05) is 13.8 Å². The lowest BCUT2D eigenvalue weighted by atomic mass is 10.1. The molecule has 1 aromatic rings. The molecule has 0 radical (unpaired) electrons. The maximum absolute atomic E-state index is 12.3. The molecule has 0 saturated carbocycles. The van der Waals surface area contributed by atoms with Gasteiger partial charge in [0.25, 0.3) is 5.91 Å². The zero-order valence-electron chi connectivity index (χ0n) is 10.9. The van der Waals surface area contributed by atoms with Gasteiger partial charge in [-0.3, -0.25) is 9.59 Å². The van der Waals surface area contributed by atoms with Gasteiger partial charge in [0, 0.05) is 17.2 Å². The van der Waals surface area contributed by atoms with Crippen molar-refractivity contribution in [3.63, 3.8) is 0 Å². The van der Waals surface area contributed by atoms with Gasteiger partial charge in [-0.05, 0) is 26.0 Å². The Labute approximate surface area is 117 Å². The Hall–Kier alpha value is -1.95. The highest BCUT2D eigenvalue weighted by atomic mass is 32.1. The molecule has 1 aromatic carbocycles. The Bertz CT molecular complexity index is 514.